The van der Waals surface area contributed by atoms with Gasteiger partial charge < -0.3 is 276 Å². The Balaban J connectivity index is 4.12. The molecule has 882 valence electrons. The second kappa shape index (κ2) is 97.2. The smallest absolute Gasteiger partial charge is 0.181 e. The molecule has 148 heavy (non-hydrogen) atoms. The van der Waals surface area contributed by atoms with Gasteiger partial charge in [-0.2, -0.15) is 0 Å². The Kier molecular flexibility index (Phi) is 93.9. The molecule has 28 unspecified atom stereocenters. The van der Waals surface area contributed by atoms with Gasteiger partial charge in [-0.25, -0.2) is 0 Å². The highest BCUT2D eigenvalue weighted by molar-refractivity contribution is 5.13. The number of aliphatic hydroxyl groups is 28. The van der Waals surface area contributed by atoms with Crippen LogP contribution in [0.1, 0.15) is 38.2 Å². The summed E-state index contributed by atoms with van der Waals surface area (Å²) in [6.07, 6.45) is -33.0. The van der Waals surface area contributed by atoms with E-state index in [1.165, 1.54) is 0 Å². The molecule has 56 heteroatoms. The molecule has 56 nitrogen and oxygen atoms in total. The molecule has 1 aromatic rings. The van der Waals surface area contributed by atoms with Gasteiger partial charge in [-0.3, -0.25) is 0 Å². The van der Waals surface area contributed by atoms with Gasteiger partial charge in [0.1, 0.15) is 140 Å². The van der Waals surface area contributed by atoms with E-state index in [1.807, 2.05) is 37.3 Å². The molecule has 1 rings (SSSR count). The Labute approximate surface area is 862 Å². The van der Waals surface area contributed by atoms with Crippen molar-refractivity contribution in [3.63, 3.8) is 0 Å². The lowest BCUT2D eigenvalue weighted by Gasteiger charge is -2.27. The van der Waals surface area contributed by atoms with E-state index in [9.17, 15) is 138 Å². The average Bonchev–Trinajstić information content (AvgIpc) is 0.938. The maximum atomic E-state index is 11.4. The minimum Gasteiger partial charge on any atom is -0.394 e. The molecule has 0 aromatic heterocycles. The fraction of sp³-hybridized carbons (Fsp3) is 0.935. The van der Waals surface area contributed by atoms with E-state index >= 15 is 0 Å². The lowest BCUT2D eigenvalue weighted by Crippen LogP contribution is -2.38. The summed E-state index contributed by atoms with van der Waals surface area (Å²) in [5.74, 6) is 0. The third-order valence-electron chi connectivity index (χ3n) is 19.9. The van der Waals surface area contributed by atoms with Crippen molar-refractivity contribution in [3.05, 3.63) is 35.9 Å². The van der Waals surface area contributed by atoms with Gasteiger partial charge >= 0.3 is 0 Å². The van der Waals surface area contributed by atoms with E-state index in [-0.39, 0.29) is 151 Å². The molecule has 0 aliphatic carbocycles. The standard InChI is InChI=1S/C92H178O56/c1-2-11-134-85(51-121-24-64-7-4-3-5-8-64)52-126-30-72(112)29-124-46-79(135-37-74(114)33-127-54-86(53-123-26-66(106)13-94)141-42-77(117)43-145-90(119)23-104)9-6-10-80(136-40-76(116)44-146-91(120)62-128-27-67(107)14-95)47-130-55-88(58-133-57-87(56-131-49-82(20-101)138-35-70(110)17-98)143-60-84(22-103)140-38-73(113)31-122-25-65(105)12-93)144-61-89(142-39-75(115)32-125-48-81(19-100)137-34-69(109)16-97)59-132-50-83(21-102)139-41-78(118)45-148-92(147-36-71(111)18-99)63-129-28-68(108)15-96/h3-5,7-8,65-120H,2,6,9-63H2,1H3. The van der Waals surface area contributed by atoms with Crippen LogP contribution in [-0.2, 0) is 139 Å². The van der Waals surface area contributed by atoms with Crippen molar-refractivity contribution < 1.29 is 276 Å². The molecule has 1 aromatic carbocycles. The van der Waals surface area contributed by atoms with E-state index in [0.717, 1.165) is 5.56 Å². The normalized spacial score (nSPS) is 18.1. The predicted molar refractivity (Wildman–Crippen MR) is 506 cm³/mol. The van der Waals surface area contributed by atoms with Crippen LogP contribution in [0.3, 0.4) is 0 Å². The summed E-state index contributed by atoms with van der Waals surface area (Å²) in [6, 6.07) is 9.50. The van der Waals surface area contributed by atoms with Crippen molar-refractivity contribution in [2.45, 2.75) is 211 Å². The van der Waals surface area contributed by atoms with E-state index < -0.39 is 376 Å². The van der Waals surface area contributed by atoms with Crippen molar-refractivity contribution in [3.8, 4) is 0 Å². The molecular formula is C92H178O56. The Morgan fingerprint density at radius 1 is 0.176 bits per heavy atom. The molecule has 0 aliphatic rings. The van der Waals surface area contributed by atoms with Crippen molar-refractivity contribution in [1.29, 1.82) is 0 Å². The van der Waals surface area contributed by atoms with Gasteiger partial charge in [0.2, 0.25) is 0 Å². The lowest BCUT2D eigenvalue weighted by atomic mass is 10.1. The molecule has 0 fully saturated rings. The second-order valence-corrected chi connectivity index (χ2v) is 34.4. The highest BCUT2D eigenvalue weighted by Gasteiger charge is 2.29. The summed E-state index contributed by atoms with van der Waals surface area (Å²) in [6.45, 7) is -19.0. The van der Waals surface area contributed by atoms with E-state index in [4.69, 9.17) is 138 Å². The Bertz CT molecular complexity index is 2950. The number of ether oxygens (including phenoxy) is 28. The monoisotopic (exact) mass is 2180 g/mol. The average molecular weight is 2180 g/mol. The van der Waals surface area contributed by atoms with Crippen LogP contribution in [0.5, 0.6) is 0 Å². The topological polar surface area (TPSA) is 825 Å². The minimum atomic E-state index is -1.63. The second-order valence-electron chi connectivity index (χ2n) is 34.4. The number of hydrogen-bond donors (Lipinski definition) is 28. The molecule has 0 spiro atoms. The molecule has 0 radical (unpaired) electrons. The summed E-state index contributed by atoms with van der Waals surface area (Å²) in [7, 11) is 0. The molecule has 0 amide bonds. The maximum Gasteiger partial charge on any atom is 0.181 e. The van der Waals surface area contributed by atoms with Crippen LogP contribution < -0.4 is 0 Å². The van der Waals surface area contributed by atoms with Crippen molar-refractivity contribution in [2.24, 2.45) is 0 Å². The number of aliphatic hydroxyl groups excluding tert-OH is 28. The number of benzene rings is 1. The van der Waals surface area contributed by atoms with Crippen LogP contribution >= 0.6 is 0 Å². The Morgan fingerprint density at radius 2 is 0.392 bits per heavy atom. The third kappa shape index (κ3) is 82.4. The van der Waals surface area contributed by atoms with Crippen LogP contribution in [0.25, 0.3) is 0 Å². The van der Waals surface area contributed by atoms with Crippen LogP contribution in [0.15, 0.2) is 30.3 Å². The maximum absolute atomic E-state index is 11.4. The number of hydrogen-bond acceptors (Lipinski definition) is 56. The fourth-order valence-electron chi connectivity index (χ4n) is 11.7. The first-order valence-corrected chi connectivity index (χ1v) is 49.4. The van der Waals surface area contributed by atoms with Gasteiger partial charge in [-0.1, -0.05) is 37.3 Å². The summed E-state index contributed by atoms with van der Waals surface area (Å²) in [5, 5.41) is 282. The van der Waals surface area contributed by atoms with E-state index in [0.29, 0.717) is 19.6 Å². The molecule has 0 saturated carbocycles. The minimum absolute atomic E-state index is 0.0524. The molecule has 28 N–H and O–H groups in total. The SMILES string of the molecule is CCCOC(COCc1ccccc1)COCC(O)COCC(CCCC(COCC(COCC(COCC(CO)OCC(O)CO)OCC(CO)OCC(O)COCC(O)CO)OCC(COCC(CO)OCC(O)COC(COCC(O)CO)OCC(O)CO)OCC(O)COCC(CO)OCC(O)CO)OCC(O)COC(O)COCC(O)CO)OCC(O)COCC(COCC(O)CO)OCC(O)COC(O)CO. The van der Waals surface area contributed by atoms with Gasteiger partial charge in [0.15, 0.2) is 18.9 Å². The van der Waals surface area contributed by atoms with Crippen LogP contribution in [0, 0.1) is 0 Å². The van der Waals surface area contributed by atoms with Gasteiger partial charge in [-0.05, 0) is 31.2 Å². The first-order chi connectivity index (χ1) is 71.4. The van der Waals surface area contributed by atoms with E-state index in [1.54, 1.807) is 0 Å². The fourth-order valence-corrected chi connectivity index (χ4v) is 11.7. The van der Waals surface area contributed by atoms with Gasteiger partial charge in [0.25, 0.3) is 0 Å². The highest BCUT2D eigenvalue weighted by Crippen LogP contribution is 2.18. The van der Waals surface area contributed by atoms with Crippen LogP contribution in [0.2, 0.25) is 0 Å². The first-order valence-electron chi connectivity index (χ1n) is 49.4. The lowest BCUT2D eigenvalue weighted by molar-refractivity contribution is -0.203. The quantitative estimate of drug-likeness (QED) is 0.0269. The Hall–Kier alpha value is -3.02. The molecule has 0 bridgehead atoms. The van der Waals surface area contributed by atoms with Crippen molar-refractivity contribution in [2.75, 3.05) is 344 Å². The van der Waals surface area contributed by atoms with E-state index in [2.05, 4.69) is 0 Å². The summed E-state index contributed by atoms with van der Waals surface area (Å²) in [5.41, 5.74) is 0.947. The third-order valence-corrected chi connectivity index (χ3v) is 19.9. The largest absolute Gasteiger partial charge is 0.394 e. The summed E-state index contributed by atoms with van der Waals surface area (Å²) in [4.78, 5) is 0. The van der Waals surface area contributed by atoms with Crippen LogP contribution in [0.4, 0.5) is 0 Å². The first kappa shape index (κ1) is 143. The predicted octanol–water partition coefficient (Wildman–Crippen LogP) is -13.8. The summed E-state index contributed by atoms with van der Waals surface area (Å²) < 4.78 is 162. The Morgan fingerprint density at radius 3 is 0.736 bits per heavy atom. The molecule has 0 heterocycles. The van der Waals surface area contributed by atoms with Crippen LogP contribution in [-0.4, -0.2) is 658 Å². The summed E-state index contributed by atoms with van der Waals surface area (Å²) >= 11 is 0. The molecule has 28 atom stereocenters. The van der Waals surface area contributed by atoms with Gasteiger partial charge in [0.05, 0.1) is 356 Å². The van der Waals surface area contributed by atoms with Gasteiger partial charge in [0, 0.05) is 6.61 Å². The zero-order valence-electron chi connectivity index (χ0n) is 84.8. The van der Waals surface area contributed by atoms with Crippen molar-refractivity contribution >= 4 is 0 Å². The number of rotatable bonds is 113. The zero-order valence-corrected chi connectivity index (χ0v) is 84.8. The molecule has 0 aliphatic heterocycles. The molecule has 0 saturated heterocycles. The highest BCUT2D eigenvalue weighted by atomic mass is 16.7. The molecular weight excluding hydrogens is 2000 g/mol. The zero-order chi connectivity index (χ0) is 109. The van der Waals surface area contributed by atoms with Crippen molar-refractivity contribution in [1.82, 2.24) is 0 Å². The van der Waals surface area contributed by atoms with Gasteiger partial charge in [-0.15, -0.1) is 0 Å².